The summed E-state index contributed by atoms with van der Waals surface area (Å²) in [5.74, 6) is 1.50. The monoisotopic (exact) mass is 229 g/mol. The van der Waals surface area contributed by atoms with Gasteiger partial charge in [-0.1, -0.05) is 0 Å². The van der Waals surface area contributed by atoms with Crippen LogP contribution in [0.1, 0.15) is 11.5 Å². The Kier molecular flexibility index (Phi) is 2.25. The Morgan fingerprint density at radius 1 is 1.47 bits per heavy atom. The number of hydrogen-bond donors (Lipinski definition) is 1. The lowest BCUT2D eigenvalue weighted by atomic mass is 10.4. The van der Waals surface area contributed by atoms with E-state index in [0.29, 0.717) is 12.5 Å². The third-order valence-corrected chi connectivity index (χ3v) is 2.56. The van der Waals surface area contributed by atoms with Gasteiger partial charge >= 0.3 is 0 Å². The second-order valence-electron chi connectivity index (χ2n) is 3.69. The van der Waals surface area contributed by atoms with Gasteiger partial charge in [-0.2, -0.15) is 5.10 Å². The molecule has 0 aliphatic carbocycles. The predicted octanol–water partition coefficient (Wildman–Crippen LogP) is 1.64. The summed E-state index contributed by atoms with van der Waals surface area (Å²) in [6.45, 7) is 2.51. The van der Waals surface area contributed by atoms with E-state index in [2.05, 4.69) is 20.5 Å². The molecule has 17 heavy (non-hydrogen) atoms. The van der Waals surface area contributed by atoms with Gasteiger partial charge in [-0.25, -0.2) is 4.98 Å². The molecule has 6 nitrogen and oxygen atoms in total. The van der Waals surface area contributed by atoms with E-state index in [1.54, 1.807) is 18.8 Å². The van der Waals surface area contributed by atoms with Crippen LogP contribution in [0.3, 0.4) is 0 Å². The summed E-state index contributed by atoms with van der Waals surface area (Å²) in [6.07, 6.45) is 5.06. The number of aromatic nitrogens is 4. The van der Waals surface area contributed by atoms with Crippen LogP contribution in [0.15, 0.2) is 35.3 Å². The lowest BCUT2D eigenvalue weighted by Gasteiger charge is -2.04. The summed E-state index contributed by atoms with van der Waals surface area (Å²) in [5.41, 5.74) is 1.88. The highest BCUT2D eigenvalue weighted by Gasteiger charge is 2.06. The molecule has 0 amide bonds. The van der Waals surface area contributed by atoms with E-state index in [-0.39, 0.29) is 0 Å². The predicted molar refractivity (Wildman–Crippen MR) is 61.6 cm³/mol. The molecular weight excluding hydrogens is 218 g/mol. The molecule has 0 bridgehead atoms. The maximum atomic E-state index is 5.24. The summed E-state index contributed by atoms with van der Waals surface area (Å²) in [5, 5.41) is 11.1. The Hall–Kier alpha value is -2.37. The number of aryl methyl sites for hydroxylation is 1. The zero-order valence-electron chi connectivity index (χ0n) is 9.29. The van der Waals surface area contributed by atoms with Gasteiger partial charge in [-0.05, 0) is 19.1 Å². The van der Waals surface area contributed by atoms with E-state index in [9.17, 15) is 0 Å². The van der Waals surface area contributed by atoms with Crippen LogP contribution >= 0.6 is 0 Å². The van der Waals surface area contributed by atoms with Crippen molar-refractivity contribution in [2.45, 2.75) is 13.5 Å². The number of hydrogen-bond acceptors (Lipinski definition) is 5. The number of nitrogens with zero attached hydrogens (tertiary/aromatic N) is 4. The second-order valence-corrected chi connectivity index (χ2v) is 3.69. The third kappa shape index (κ3) is 1.73. The summed E-state index contributed by atoms with van der Waals surface area (Å²) in [6, 6.07) is 3.75. The number of fused-ring (bicyclic) bond motifs is 1. The first-order valence-electron chi connectivity index (χ1n) is 5.26. The van der Waals surface area contributed by atoms with Crippen LogP contribution < -0.4 is 5.32 Å². The van der Waals surface area contributed by atoms with Crippen LogP contribution in [0.5, 0.6) is 0 Å². The molecule has 0 aliphatic rings. The van der Waals surface area contributed by atoms with Gasteiger partial charge in [-0.3, -0.25) is 4.40 Å². The average Bonchev–Trinajstić information content (AvgIpc) is 2.97. The largest absolute Gasteiger partial charge is 0.467 e. The molecule has 3 aromatic rings. The molecular formula is C11H11N5O. The molecule has 0 saturated carbocycles. The Balaban J connectivity index is 1.90. The van der Waals surface area contributed by atoms with E-state index >= 15 is 0 Å². The molecule has 1 N–H and O–H groups in total. The van der Waals surface area contributed by atoms with Crippen LogP contribution in [0.2, 0.25) is 0 Å². The van der Waals surface area contributed by atoms with Crippen LogP contribution in [-0.4, -0.2) is 19.6 Å². The molecule has 6 heteroatoms. The van der Waals surface area contributed by atoms with Crippen molar-refractivity contribution in [3.05, 3.63) is 42.4 Å². The topological polar surface area (TPSA) is 68.2 Å². The Labute approximate surface area is 97.3 Å². The summed E-state index contributed by atoms with van der Waals surface area (Å²) in [7, 11) is 0. The van der Waals surface area contributed by atoms with Gasteiger partial charge in [0.1, 0.15) is 12.1 Å². The molecule has 3 heterocycles. The van der Waals surface area contributed by atoms with Gasteiger partial charge in [-0.15, -0.1) is 5.10 Å². The Bertz CT molecular complexity index is 628. The van der Waals surface area contributed by atoms with E-state index in [0.717, 1.165) is 17.0 Å². The van der Waals surface area contributed by atoms with Gasteiger partial charge in [0, 0.05) is 0 Å². The van der Waals surface area contributed by atoms with Crippen molar-refractivity contribution in [2.24, 2.45) is 0 Å². The quantitative estimate of drug-likeness (QED) is 0.739. The van der Waals surface area contributed by atoms with Crippen molar-refractivity contribution in [3.8, 4) is 0 Å². The van der Waals surface area contributed by atoms with Crippen LogP contribution in [0.4, 0.5) is 5.95 Å². The molecule has 0 radical (unpaired) electrons. The number of imidazole rings is 1. The molecule has 3 aromatic heterocycles. The highest BCUT2D eigenvalue weighted by Crippen LogP contribution is 2.12. The summed E-state index contributed by atoms with van der Waals surface area (Å²) >= 11 is 0. The Morgan fingerprint density at radius 2 is 2.41 bits per heavy atom. The molecule has 86 valence electrons. The smallest absolute Gasteiger partial charge is 0.229 e. The minimum Gasteiger partial charge on any atom is -0.467 e. The molecule has 0 unspecified atom stereocenters. The van der Waals surface area contributed by atoms with Crippen LogP contribution in [0, 0.1) is 6.92 Å². The summed E-state index contributed by atoms with van der Waals surface area (Å²) < 4.78 is 7.10. The van der Waals surface area contributed by atoms with Crippen LogP contribution in [-0.2, 0) is 6.54 Å². The normalized spacial score (nSPS) is 10.9. The van der Waals surface area contributed by atoms with Gasteiger partial charge in [0.2, 0.25) is 5.95 Å². The lowest BCUT2D eigenvalue weighted by molar-refractivity contribution is 0.517. The maximum absolute atomic E-state index is 5.24. The van der Waals surface area contributed by atoms with E-state index in [4.69, 9.17) is 4.42 Å². The minimum atomic E-state index is 0.567. The van der Waals surface area contributed by atoms with Crippen molar-refractivity contribution < 1.29 is 4.42 Å². The van der Waals surface area contributed by atoms with E-state index < -0.39 is 0 Å². The highest BCUT2D eigenvalue weighted by molar-refractivity contribution is 5.52. The Morgan fingerprint density at radius 3 is 3.24 bits per heavy atom. The van der Waals surface area contributed by atoms with Crippen LogP contribution in [0.25, 0.3) is 5.52 Å². The average molecular weight is 229 g/mol. The zero-order chi connectivity index (χ0) is 11.7. The standard InChI is InChI=1S/C11H11N5O/c1-8-10-6-14-15-11(16(10)7-13-8)12-5-9-3-2-4-17-9/h2-4,6-7H,5H2,1H3,(H,12,15). The highest BCUT2D eigenvalue weighted by atomic mass is 16.3. The number of nitrogens with one attached hydrogen (secondary N) is 1. The molecule has 0 fully saturated rings. The zero-order valence-corrected chi connectivity index (χ0v) is 9.29. The molecule has 3 rings (SSSR count). The molecule has 0 spiro atoms. The number of furan rings is 1. The number of anilines is 1. The molecule has 0 atom stereocenters. The fraction of sp³-hybridized carbons (Fsp3) is 0.182. The van der Waals surface area contributed by atoms with Crippen molar-refractivity contribution in [1.29, 1.82) is 0 Å². The molecule has 0 aromatic carbocycles. The lowest BCUT2D eigenvalue weighted by Crippen LogP contribution is -2.06. The first-order valence-corrected chi connectivity index (χ1v) is 5.26. The molecule has 0 saturated heterocycles. The van der Waals surface area contributed by atoms with Crippen molar-refractivity contribution >= 4 is 11.5 Å². The maximum Gasteiger partial charge on any atom is 0.229 e. The minimum absolute atomic E-state index is 0.567. The number of rotatable bonds is 3. The van der Waals surface area contributed by atoms with E-state index in [1.165, 1.54) is 0 Å². The van der Waals surface area contributed by atoms with Crippen molar-refractivity contribution in [2.75, 3.05) is 5.32 Å². The summed E-state index contributed by atoms with van der Waals surface area (Å²) in [4.78, 5) is 4.22. The first kappa shape index (κ1) is 9.83. The molecule has 0 aliphatic heterocycles. The van der Waals surface area contributed by atoms with Gasteiger partial charge in [0.15, 0.2) is 0 Å². The third-order valence-electron chi connectivity index (χ3n) is 2.56. The van der Waals surface area contributed by atoms with Gasteiger partial charge < -0.3 is 9.73 Å². The second kappa shape index (κ2) is 3.89. The van der Waals surface area contributed by atoms with Gasteiger partial charge in [0.05, 0.1) is 30.2 Å². The van der Waals surface area contributed by atoms with E-state index in [1.807, 2.05) is 23.5 Å². The van der Waals surface area contributed by atoms with Crippen molar-refractivity contribution in [3.63, 3.8) is 0 Å². The SMILES string of the molecule is Cc1ncn2c(NCc3ccco3)nncc12. The fourth-order valence-corrected chi connectivity index (χ4v) is 1.66. The van der Waals surface area contributed by atoms with Crippen molar-refractivity contribution in [1.82, 2.24) is 19.6 Å². The first-order chi connectivity index (χ1) is 8.34. The fourth-order valence-electron chi connectivity index (χ4n) is 1.66. The van der Waals surface area contributed by atoms with Gasteiger partial charge in [0.25, 0.3) is 0 Å².